The van der Waals surface area contributed by atoms with Crippen LogP contribution >= 0.6 is 0 Å². The average Bonchev–Trinajstić information content (AvgIpc) is 3.15. The summed E-state index contributed by atoms with van der Waals surface area (Å²) in [4.78, 5) is 43.8. The Labute approximate surface area is 172 Å². The summed E-state index contributed by atoms with van der Waals surface area (Å²) < 4.78 is 0. The quantitative estimate of drug-likeness (QED) is 0.788. The van der Waals surface area contributed by atoms with Gasteiger partial charge in [-0.3, -0.25) is 14.4 Å². The Balaban J connectivity index is 1.29. The first-order chi connectivity index (χ1) is 14.0. The molecule has 3 amide bonds. The maximum atomic E-state index is 13.0. The summed E-state index contributed by atoms with van der Waals surface area (Å²) in [6, 6.07) is 9.54. The number of benzene rings is 1. The Bertz CT molecular complexity index is 750. The molecule has 4 rings (SSSR count). The Morgan fingerprint density at radius 1 is 0.828 bits per heavy atom. The summed E-state index contributed by atoms with van der Waals surface area (Å²) in [5.41, 5.74) is 0.855. The lowest BCUT2D eigenvalue weighted by Crippen LogP contribution is -2.47. The second kappa shape index (κ2) is 8.56. The number of likely N-dealkylation sites (tertiary alicyclic amines) is 2. The van der Waals surface area contributed by atoms with Crippen molar-refractivity contribution in [3.05, 3.63) is 30.3 Å². The van der Waals surface area contributed by atoms with Crippen molar-refractivity contribution in [2.24, 2.45) is 17.8 Å². The summed E-state index contributed by atoms with van der Waals surface area (Å²) in [7, 11) is 0. The third kappa shape index (κ3) is 4.31. The average molecular weight is 398 g/mol. The van der Waals surface area contributed by atoms with Gasteiger partial charge < -0.3 is 14.7 Å². The van der Waals surface area contributed by atoms with Crippen LogP contribution in [0.25, 0.3) is 0 Å². The van der Waals surface area contributed by atoms with Crippen molar-refractivity contribution >= 4 is 23.4 Å². The van der Waals surface area contributed by atoms with E-state index in [-0.39, 0.29) is 36.0 Å². The van der Waals surface area contributed by atoms with Gasteiger partial charge in [0.2, 0.25) is 17.7 Å². The Kier molecular flexibility index (Phi) is 5.88. The molecule has 3 saturated heterocycles. The summed E-state index contributed by atoms with van der Waals surface area (Å²) in [6.45, 7) is 5.69. The molecule has 6 heteroatoms. The Hall–Kier alpha value is -2.37. The van der Waals surface area contributed by atoms with Gasteiger partial charge in [0.05, 0.1) is 5.92 Å². The van der Waals surface area contributed by atoms with E-state index in [0.717, 1.165) is 44.5 Å². The monoisotopic (exact) mass is 397 g/mol. The number of piperidine rings is 2. The maximum absolute atomic E-state index is 13.0. The number of amides is 3. The number of carbonyl (C=O) groups excluding carboxylic acids is 3. The second-order valence-corrected chi connectivity index (χ2v) is 8.85. The third-order valence-electron chi connectivity index (χ3n) is 6.79. The van der Waals surface area contributed by atoms with Crippen molar-refractivity contribution in [1.82, 2.24) is 9.80 Å². The topological polar surface area (TPSA) is 60.9 Å². The van der Waals surface area contributed by atoms with Crippen molar-refractivity contribution < 1.29 is 14.4 Å². The van der Waals surface area contributed by atoms with Crippen LogP contribution in [0.2, 0.25) is 0 Å². The van der Waals surface area contributed by atoms with Crippen molar-refractivity contribution in [1.29, 1.82) is 0 Å². The van der Waals surface area contributed by atoms with Gasteiger partial charge >= 0.3 is 0 Å². The SMILES string of the molecule is CC1CCN(C(=O)C2CCN(C(=O)C3CC(=O)N(c4ccccc4)C3)CC2)CC1. The molecule has 6 nitrogen and oxygen atoms in total. The molecule has 0 saturated carbocycles. The van der Waals surface area contributed by atoms with Gasteiger partial charge in [0.1, 0.15) is 0 Å². The van der Waals surface area contributed by atoms with Crippen LogP contribution in [0.5, 0.6) is 0 Å². The van der Waals surface area contributed by atoms with Crippen molar-refractivity contribution in [2.75, 3.05) is 37.6 Å². The van der Waals surface area contributed by atoms with Gasteiger partial charge in [0, 0.05) is 50.7 Å². The highest BCUT2D eigenvalue weighted by Gasteiger charge is 2.39. The van der Waals surface area contributed by atoms with Crippen LogP contribution in [0, 0.1) is 17.8 Å². The van der Waals surface area contributed by atoms with Crippen LogP contribution in [0.1, 0.15) is 39.0 Å². The molecule has 29 heavy (non-hydrogen) atoms. The van der Waals surface area contributed by atoms with Gasteiger partial charge in [-0.2, -0.15) is 0 Å². The van der Waals surface area contributed by atoms with E-state index >= 15 is 0 Å². The molecule has 0 aliphatic carbocycles. The van der Waals surface area contributed by atoms with Gasteiger partial charge in [-0.05, 0) is 43.7 Å². The summed E-state index contributed by atoms with van der Waals surface area (Å²) in [5, 5.41) is 0. The van der Waals surface area contributed by atoms with E-state index in [1.54, 1.807) is 4.90 Å². The number of hydrogen-bond acceptors (Lipinski definition) is 3. The molecular formula is C23H31N3O3. The van der Waals surface area contributed by atoms with Gasteiger partial charge in [0.25, 0.3) is 0 Å². The predicted molar refractivity (Wildman–Crippen MR) is 111 cm³/mol. The van der Waals surface area contributed by atoms with E-state index in [1.165, 1.54) is 0 Å². The lowest BCUT2D eigenvalue weighted by Gasteiger charge is -2.37. The molecule has 3 fully saturated rings. The Morgan fingerprint density at radius 2 is 1.38 bits per heavy atom. The molecule has 0 aromatic heterocycles. The van der Waals surface area contributed by atoms with E-state index in [4.69, 9.17) is 0 Å². The van der Waals surface area contributed by atoms with Crippen molar-refractivity contribution in [3.8, 4) is 0 Å². The predicted octanol–water partition coefficient (Wildman–Crippen LogP) is 2.54. The largest absolute Gasteiger partial charge is 0.342 e. The lowest BCUT2D eigenvalue weighted by atomic mass is 9.92. The zero-order valence-electron chi connectivity index (χ0n) is 17.3. The first-order valence-electron chi connectivity index (χ1n) is 11.0. The standard InChI is InChI=1S/C23H31N3O3/c1-17-7-11-24(12-8-17)22(28)18-9-13-25(14-10-18)23(29)19-15-21(27)26(16-19)20-5-3-2-4-6-20/h2-6,17-19H,7-16H2,1H3. The molecule has 3 aliphatic rings. The lowest BCUT2D eigenvalue weighted by molar-refractivity contribution is -0.143. The van der Waals surface area contributed by atoms with Crippen LogP contribution in [0.15, 0.2) is 30.3 Å². The summed E-state index contributed by atoms with van der Waals surface area (Å²) in [5.74, 6) is 0.823. The zero-order valence-corrected chi connectivity index (χ0v) is 17.3. The van der Waals surface area contributed by atoms with Crippen molar-refractivity contribution in [3.63, 3.8) is 0 Å². The highest BCUT2D eigenvalue weighted by molar-refractivity contribution is 6.00. The molecule has 1 aromatic rings. The molecule has 0 N–H and O–H groups in total. The van der Waals surface area contributed by atoms with Crippen molar-refractivity contribution in [2.45, 2.75) is 39.0 Å². The minimum atomic E-state index is -0.279. The third-order valence-corrected chi connectivity index (χ3v) is 6.79. The minimum absolute atomic E-state index is 0.0129. The first-order valence-corrected chi connectivity index (χ1v) is 11.0. The van der Waals surface area contributed by atoms with Crippen LogP contribution in [-0.4, -0.2) is 60.2 Å². The summed E-state index contributed by atoms with van der Waals surface area (Å²) >= 11 is 0. The number of anilines is 1. The van der Waals surface area contributed by atoms with Crippen LogP contribution in [0.4, 0.5) is 5.69 Å². The van der Waals surface area contributed by atoms with Crippen LogP contribution < -0.4 is 4.90 Å². The molecular weight excluding hydrogens is 366 g/mol. The molecule has 3 aliphatic heterocycles. The molecule has 0 bridgehead atoms. The van der Waals surface area contributed by atoms with Crippen LogP contribution in [0.3, 0.4) is 0 Å². The van der Waals surface area contributed by atoms with Gasteiger partial charge in [-0.1, -0.05) is 25.1 Å². The number of nitrogens with zero attached hydrogens (tertiary/aromatic N) is 3. The van der Waals surface area contributed by atoms with Gasteiger partial charge in [0.15, 0.2) is 0 Å². The molecule has 1 unspecified atom stereocenters. The fourth-order valence-corrected chi connectivity index (χ4v) is 4.82. The molecule has 156 valence electrons. The van der Waals surface area contributed by atoms with E-state index in [0.29, 0.717) is 25.6 Å². The molecule has 0 spiro atoms. The van der Waals surface area contributed by atoms with E-state index in [1.807, 2.05) is 40.1 Å². The fraction of sp³-hybridized carbons (Fsp3) is 0.609. The number of hydrogen-bond donors (Lipinski definition) is 0. The second-order valence-electron chi connectivity index (χ2n) is 8.85. The van der Waals surface area contributed by atoms with E-state index in [9.17, 15) is 14.4 Å². The molecule has 0 radical (unpaired) electrons. The first kappa shape index (κ1) is 19.9. The zero-order chi connectivity index (χ0) is 20.4. The molecule has 1 atom stereocenters. The van der Waals surface area contributed by atoms with Gasteiger partial charge in [-0.15, -0.1) is 0 Å². The number of carbonyl (C=O) groups is 3. The number of rotatable bonds is 3. The minimum Gasteiger partial charge on any atom is -0.342 e. The molecule has 3 heterocycles. The highest BCUT2D eigenvalue weighted by atomic mass is 16.2. The van der Waals surface area contributed by atoms with E-state index in [2.05, 4.69) is 6.92 Å². The number of para-hydroxylation sites is 1. The Morgan fingerprint density at radius 3 is 2.00 bits per heavy atom. The smallest absolute Gasteiger partial charge is 0.228 e. The maximum Gasteiger partial charge on any atom is 0.228 e. The van der Waals surface area contributed by atoms with Crippen LogP contribution in [-0.2, 0) is 14.4 Å². The molecule has 1 aromatic carbocycles. The van der Waals surface area contributed by atoms with Gasteiger partial charge in [-0.25, -0.2) is 0 Å². The summed E-state index contributed by atoms with van der Waals surface area (Å²) in [6.07, 6.45) is 3.94. The fourth-order valence-electron chi connectivity index (χ4n) is 4.82. The normalized spacial score (nSPS) is 24.2. The highest BCUT2D eigenvalue weighted by Crippen LogP contribution is 2.29. The van der Waals surface area contributed by atoms with E-state index < -0.39 is 0 Å².